The standard InChI is InChI=1S/C17H32N2O3/c1-12(18-13-10-15(11-13)21-5)9-14-7-6-8-19(14)16(20)22-17(2,3)4/h12-15,18H,6-11H2,1-5H3. The van der Waals surface area contributed by atoms with Crippen LogP contribution in [0.1, 0.15) is 59.8 Å². The molecular weight excluding hydrogens is 280 g/mol. The van der Waals surface area contributed by atoms with Gasteiger partial charge in [-0.15, -0.1) is 0 Å². The number of nitrogens with zero attached hydrogens (tertiary/aromatic N) is 1. The zero-order valence-electron chi connectivity index (χ0n) is 14.7. The van der Waals surface area contributed by atoms with E-state index in [9.17, 15) is 4.79 Å². The Bertz CT molecular complexity index is 375. The fraction of sp³-hybridized carbons (Fsp3) is 0.941. The van der Waals surface area contributed by atoms with Gasteiger partial charge in [0.05, 0.1) is 6.10 Å². The summed E-state index contributed by atoms with van der Waals surface area (Å²) >= 11 is 0. The molecule has 128 valence electrons. The van der Waals surface area contributed by atoms with Crippen molar-refractivity contribution in [3.63, 3.8) is 0 Å². The third-order valence-electron chi connectivity index (χ3n) is 4.58. The summed E-state index contributed by atoms with van der Waals surface area (Å²) in [6, 6.07) is 1.28. The molecule has 1 saturated carbocycles. The molecule has 1 aliphatic carbocycles. The van der Waals surface area contributed by atoms with Crippen LogP contribution in [0, 0.1) is 0 Å². The molecule has 5 heteroatoms. The Hall–Kier alpha value is -0.810. The first-order chi connectivity index (χ1) is 10.3. The van der Waals surface area contributed by atoms with Crippen molar-refractivity contribution in [3.05, 3.63) is 0 Å². The molecule has 22 heavy (non-hydrogen) atoms. The van der Waals surface area contributed by atoms with Gasteiger partial charge in [0, 0.05) is 31.8 Å². The van der Waals surface area contributed by atoms with Gasteiger partial charge in [0.1, 0.15) is 5.60 Å². The van der Waals surface area contributed by atoms with Gasteiger partial charge in [0.15, 0.2) is 0 Å². The Morgan fingerprint density at radius 1 is 1.36 bits per heavy atom. The molecule has 2 rings (SSSR count). The van der Waals surface area contributed by atoms with E-state index >= 15 is 0 Å². The van der Waals surface area contributed by atoms with Crippen LogP contribution >= 0.6 is 0 Å². The van der Waals surface area contributed by atoms with Crippen LogP contribution in [0.5, 0.6) is 0 Å². The van der Waals surface area contributed by atoms with Crippen molar-refractivity contribution in [3.8, 4) is 0 Å². The number of rotatable bonds is 5. The van der Waals surface area contributed by atoms with Gasteiger partial charge >= 0.3 is 6.09 Å². The van der Waals surface area contributed by atoms with Crippen molar-refractivity contribution >= 4 is 6.09 Å². The molecule has 0 spiro atoms. The molecule has 2 fully saturated rings. The monoisotopic (exact) mass is 312 g/mol. The topological polar surface area (TPSA) is 50.8 Å². The fourth-order valence-electron chi connectivity index (χ4n) is 3.41. The van der Waals surface area contributed by atoms with Crippen LogP contribution in [-0.2, 0) is 9.47 Å². The average Bonchev–Trinajstić information content (AvgIpc) is 2.79. The normalized spacial score (nSPS) is 30.0. The van der Waals surface area contributed by atoms with Crippen molar-refractivity contribution in [2.75, 3.05) is 13.7 Å². The quantitative estimate of drug-likeness (QED) is 0.848. The number of methoxy groups -OCH3 is 1. The van der Waals surface area contributed by atoms with E-state index in [1.807, 2.05) is 25.7 Å². The second-order valence-electron chi connectivity index (χ2n) is 7.80. The van der Waals surface area contributed by atoms with Crippen LogP contribution < -0.4 is 5.32 Å². The fourth-order valence-corrected chi connectivity index (χ4v) is 3.41. The molecule has 1 N–H and O–H groups in total. The van der Waals surface area contributed by atoms with E-state index in [1.165, 1.54) is 0 Å². The van der Waals surface area contributed by atoms with Crippen LogP contribution in [0.4, 0.5) is 4.79 Å². The van der Waals surface area contributed by atoms with Crippen molar-refractivity contribution in [2.45, 2.75) is 89.6 Å². The SMILES string of the molecule is COC1CC(NC(C)CC2CCCN2C(=O)OC(C)(C)C)C1. The van der Waals surface area contributed by atoms with Crippen LogP contribution in [0.15, 0.2) is 0 Å². The van der Waals surface area contributed by atoms with Gasteiger partial charge in [-0.05, 0) is 59.8 Å². The summed E-state index contributed by atoms with van der Waals surface area (Å²) < 4.78 is 10.8. The van der Waals surface area contributed by atoms with Gasteiger partial charge in [-0.1, -0.05) is 0 Å². The van der Waals surface area contributed by atoms with Crippen molar-refractivity contribution < 1.29 is 14.3 Å². The van der Waals surface area contributed by atoms with Gasteiger partial charge in [0.2, 0.25) is 0 Å². The van der Waals surface area contributed by atoms with Crippen molar-refractivity contribution in [2.24, 2.45) is 0 Å². The van der Waals surface area contributed by atoms with E-state index in [2.05, 4.69) is 12.2 Å². The predicted molar refractivity (Wildman–Crippen MR) is 87.0 cm³/mol. The van der Waals surface area contributed by atoms with E-state index < -0.39 is 5.60 Å². The minimum atomic E-state index is -0.421. The summed E-state index contributed by atoms with van der Waals surface area (Å²) in [4.78, 5) is 14.2. The Balaban J connectivity index is 1.77. The van der Waals surface area contributed by atoms with Gasteiger partial charge in [0.25, 0.3) is 0 Å². The lowest BCUT2D eigenvalue weighted by Gasteiger charge is -2.38. The Morgan fingerprint density at radius 3 is 2.64 bits per heavy atom. The largest absolute Gasteiger partial charge is 0.444 e. The van der Waals surface area contributed by atoms with Crippen molar-refractivity contribution in [1.29, 1.82) is 0 Å². The highest BCUT2D eigenvalue weighted by atomic mass is 16.6. The first kappa shape index (κ1) is 17.5. The molecule has 2 aliphatic rings. The Kier molecular flexibility index (Phi) is 5.72. The number of ether oxygens (including phenoxy) is 2. The van der Waals surface area contributed by atoms with E-state index in [0.29, 0.717) is 24.2 Å². The lowest BCUT2D eigenvalue weighted by Crippen LogP contribution is -2.50. The van der Waals surface area contributed by atoms with Crippen molar-refractivity contribution in [1.82, 2.24) is 10.2 Å². The molecule has 0 aromatic heterocycles. The second-order valence-corrected chi connectivity index (χ2v) is 7.80. The smallest absolute Gasteiger partial charge is 0.410 e. The maximum absolute atomic E-state index is 12.3. The summed E-state index contributed by atoms with van der Waals surface area (Å²) in [5, 5.41) is 3.66. The first-order valence-electron chi connectivity index (χ1n) is 8.57. The summed E-state index contributed by atoms with van der Waals surface area (Å²) in [6.45, 7) is 8.79. The number of hydrogen-bond acceptors (Lipinski definition) is 4. The van der Waals surface area contributed by atoms with E-state index in [0.717, 1.165) is 38.6 Å². The van der Waals surface area contributed by atoms with Gasteiger partial charge < -0.3 is 19.7 Å². The van der Waals surface area contributed by atoms with Gasteiger partial charge in [-0.3, -0.25) is 0 Å². The average molecular weight is 312 g/mol. The molecular formula is C17H32N2O3. The lowest BCUT2D eigenvalue weighted by atomic mass is 9.88. The number of carbonyl (C=O) groups excluding carboxylic acids is 1. The molecule has 2 unspecified atom stereocenters. The molecule has 1 amide bonds. The summed E-state index contributed by atoms with van der Waals surface area (Å²) in [5.74, 6) is 0. The third-order valence-corrected chi connectivity index (χ3v) is 4.58. The predicted octanol–water partition coefficient (Wildman–Crippen LogP) is 2.93. The third kappa shape index (κ3) is 4.85. The molecule has 0 aromatic rings. The van der Waals surface area contributed by atoms with Crippen LogP contribution in [-0.4, -0.2) is 54.5 Å². The summed E-state index contributed by atoms with van der Waals surface area (Å²) in [5.41, 5.74) is -0.421. The summed E-state index contributed by atoms with van der Waals surface area (Å²) in [7, 11) is 1.78. The highest BCUT2D eigenvalue weighted by Gasteiger charge is 2.34. The molecule has 5 nitrogen and oxygen atoms in total. The lowest BCUT2D eigenvalue weighted by molar-refractivity contribution is 0.0117. The molecule has 0 bridgehead atoms. The zero-order valence-corrected chi connectivity index (χ0v) is 14.7. The maximum atomic E-state index is 12.3. The Labute approximate surface area is 134 Å². The highest BCUT2D eigenvalue weighted by molar-refractivity contribution is 5.68. The zero-order chi connectivity index (χ0) is 16.3. The second kappa shape index (κ2) is 7.18. The van der Waals surface area contributed by atoms with E-state index in [-0.39, 0.29) is 6.09 Å². The van der Waals surface area contributed by atoms with Crippen LogP contribution in [0.25, 0.3) is 0 Å². The molecule has 0 aromatic carbocycles. The van der Waals surface area contributed by atoms with Gasteiger partial charge in [-0.25, -0.2) is 4.79 Å². The van der Waals surface area contributed by atoms with Crippen LogP contribution in [0.2, 0.25) is 0 Å². The van der Waals surface area contributed by atoms with E-state index in [4.69, 9.17) is 9.47 Å². The highest BCUT2D eigenvalue weighted by Crippen LogP contribution is 2.26. The molecule has 2 atom stereocenters. The minimum absolute atomic E-state index is 0.162. The van der Waals surface area contributed by atoms with Gasteiger partial charge in [-0.2, -0.15) is 0 Å². The van der Waals surface area contributed by atoms with E-state index in [1.54, 1.807) is 7.11 Å². The number of amides is 1. The minimum Gasteiger partial charge on any atom is -0.444 e. The number of likely N-dealkylation sites (tertiary alicyclic amines) is 1. The molecule has 1 saturated heterocycles. The number of nitrogens with one attached hydrogen (secondary N) is 1. The number of carbonyl (C=O) groups is 1. The first-order valence-corrected chi connectivity index (χ1v) is 8.57. The molecule has 1 aliphatic heterocycles. The maximum Gasteiger partial charge on any atom is 0.410 e. The van der Waals surface area contributed by atoms with Crippen LogP contribution in [0.3, 0.4) is 0 Å². The summed E-state index contributed by atoms with van der Waals surface area (Å²) in [6.07, 6.45) is 5.61. The Morgan fingerprint density at radius 2 is 2.05 bits per heavy atom. The molecule has 1 heterocycles. The molecule has 0 radical (unpaired) electrons. The number of hydrogen-bond donors (Lipinski definition) is 1.